The maximum Gasteiger partial charge on any atom is 0.134 e. The van der Waals surface area contributed by atoms with Gasteiger partial charge in [0, 0.05) is 9.86 Å². The van der Waals surface area contributed by atoms with Crippen molar-refractivity contribution in [2.45, 2.75) is 19.9 Å². The summed E-state index contributed by atoms with van der Waals surface area (Å²) in [5.41, 5.74) is 3.43. The zero-order valence-electron chi connectivity index (χ0n) is 12.2. The van der Waals surface area contributed by atoms with E-state index in [1.807, 2.05) is 18.2 Å². The first kappa shape index (κ1) is 14.4. The van der Waals surface area contributed by atoms with Crippen LogP contribution in [0.5, 0.6) is 0 Å². The summed E-state index contributed by atoms with van der Waals surface area (Å²) in [6, 6.07) is 16.7. The van der Waals surface area contributed by atoms with E-state index >= 15 is 0 Å². The molecule has 1 unspecified atom stereocenters. The smallest absolute Gasteiger partial charge is 0.134 e. The Bertz CT molecular complexity index is 730. The van der Waals surface area contributed by atoms with E-state index in [2.05, 4.69) is 65.4 Å². The highest BCUT2D eigenvalue weighted by Crippen LogP contribution is 2.31. The molecule has 0 saturated carbocycles. The normalized spacial score (nSPS) is 12.7. The summed E-state index contributed by atoms with van der Waals surface area (Å²) in [5.74, 6) is 0.958. The highest BCUT2D eigenvalue weighted by atomic mass is 79.9. The van der Waals surface area contributed by atoms with E-state index in [4.69, 9.17) is 4.42 Å². The summed E-state index contributed by atoms with van der Waals surface area (Å²) in [7, 11) is 0. The molecular weight excluding hydrogens is 326 g/mol. The van der Waals surface area contributed by atoms with Crippen molar-refractivity contribution in [1.82, 2.24) is 5.32 Å². The van der Waals surface area contributed by atoms with E-state index in [1.54, 1.807) is 0 Å². The molecule has 1 aromatic heterocycles. The van der Waals surface area contributed by atoms with E-state index in [-0.39, 0.29) is 6.04 Å². The molecule has 0 amide bonds. The molecule has 3 rings (SSSR count). The van der Waals surface area contributed by atoms with Crippen LogP contribution >= 0.6 is 15.9 Å². The molecule has 0 aliphatic carbocycles. The Morgan fingerprint density at radius 2 is 1.95 bits per heavy atom. The predicted octanol–water partition coefficient (Wildman–Crippen LogP) is 5.20. The third kappa shape index (κ3) is 2.89. The first-order chi connectivity index (χ1) is 10.2. The fraction of sp³-hybridized carbons (Fsp3) is 0.222. The monoisotopic (exact) mass is 343 g/mol. The molecule has 0 aliphatic heterocycles. The zero-order chi connectivity index (χ0) is 14.8. The highest BCUT2D eigenvalue weighted by molar-refractivity contribution is 9.10. The van der Waals surface area contributed by atoms with Crippen LogP contribution < -0.4 is 5.32 Å². The Labute approximate surface area is 133 Å². The van der Waals surface area contributed by atoms with E-state index in [1.165, 1.54) is 11.1 Å². The Hall–Kier alpha value is -1.58. The van der Waals surface area contributed by atoms with Gasteiger partial charge in [-0.25, -0.2) is 0 Å². The van der Waals surface area contributed by atoms with Crippen molar-refractivity contribution < 1.29 is 4.42 Å². The second-order valence-electron chi connectivity index (χ2n) is 5.18. The van der Waals surface area contributed by atoms with Gasteiger partial charge in [0.15, 0.2) is 0 Å². The van der Waals surface area contributed by atoms with Crippen molar-refractivity contribution in [2.75, 3.05) is 6.54 Å². The van der Waals surface area contributed by atoms with Crippen molar-refractivity contribution in [2.24, 2.45) is 0 Å². The lowest BCUT2D eigenvalue weighted by Crippen LogP contribution is -2.22. The molecule has 2 aromatic carbocycles. The van der Waals surface area contributed by atoms with Crippen LogP contribution in [0, 0.1) is 6.92 Å². The molecule has 21 heavy (non-hydrogen) atoms. The lowest BCUT2D eigenvalue weighted by Gasteiger charge is -2.18. The Kier molecular flexibility index (Phi) is 4.13. The number of nitrogens with one attached hydrogen (secondary N) is 1. The van der Waals surface area contributed by atoms with Gasteiger partial charge in [0.1, 0.15) is 11.3 Å². The van der Waals surface area contributed by atoms with Crippen molar-refractivity contribution in [3.63, 3.8) is 0 Å². The predicted molar refractivity (Wildman–Crippen MR) is 90.6 cm³/mol. The SMILES string of the molecule is CCNC(c1cc2ccccc2o1)c1cc(Br)ccc1C. The van der Waals surface area contributed by atoms with Crippen LogP contribution in [0.4, 0.5) is 0 Å². The molecule has 0 bridgehead atoms. The number of fused-ring (bicyclic) bond motifs is 1. The minimum absolute atomic E-state index is 0.0694. The number of furan rings is 1. The lowest BCUT2D eigenvalue weighted by molar-refractivity contribution is 0.476. The molecule has 3 aromatic rings. The van der Waals surface area contributed by atoms with Gasteiger partial charge in [-0.15, -0.1) is 0 Å². The minimum Gasteiger partial charge on any atom is -0.459 e. The largest absolute Gasteiger partial charge is 0.459 e. The van der Waals surface area contributed by atoms with Crippen LogP contribution in [-0.4, -0.2) is 6.54 Å². The molecule has 0 spiro atoms. The second kappa shape index (κ2) is 6.04. The first-order valence-electron chi connectivity index (χ1n) is 7.17. The summed E-state index contributed by atoms with van der Waals surface area (Å²) in [4.78, 5) is 0. The molecule has 0 radical (unpaired) electrons. The maximum absolute atomic E-state index is 6.05. The van der Waals surface area contributed by atoms with E-state index in [9.17, 15) is 0 Å². The second-order valence-corrected chi connectivity index (χ2v) is 6.09. The van der Waals surface area contributed by atoms with E-state index in [0.29, 0.717) is 0 Å². The van der Waals surface area contributed by atoms with Crippen LogP contribution in [0.15, 0.2) is 57.4 Å². The summed E-state index contributed by atoms with van der Waals surface area (Å²) < 4.78 is 7.14. The summed E-state index contributed by atoms with van der Waals surface area (Å²) in [6.07, 6.45) is 0. The minimum atomic E-state index is 0.0694. The van der Waals surface area contributed by atoms with Crippen LogP contribution in [0.3, 0.4) is 0 Å². The van der Waals surface area contributed by atoms with Gasteiger partial charge in [-0.1, -0.05) is 47.1 Å². The summed E-state index contributed by atoms with van der Waals surface area (Å²) in [6.45, 7) is 5.13. The van der Waals surface area contributed by atoms with E-state index in [0.717, 1.165) is 27.7 Å². The summed E-state index contributed by atoms with van der Waals surface area (Å²) >= 11 is 3.56. The average molecular weight is 344 g/mol. The number of benzene rings is 2. The Morgan fingerprint density at radius 1 is 1.14 bits per heavy atom. The number of aryl methyl sites for hydroxylation is 1. The van der Waals surface area contributed by atoms with Gasteiger partial charge in [0.25, 0.3) is 0 Å². The van der Waals surface area contributed by atoms with Gasteiger partial charge in [0.2, 0.25) is 0 Å². The highest BCUT2D eigenvalue weighted by Gasteiger charge is 2.19. The molecule has 3 heteroatoms. The van der Waals surface area contributed by atoms with Crippen LogP contribution in [0.25, 0.3) is 11.0 Å². The first-order valence-corrected chi connectivity index (χ1v) is 7.96. The molecule has 1 heterocycles. The van der Waals surface area contributed by atoms with Crippen molar-refractivity contribution in [1.29, 1.82) is 0 Å². The molecule has 0 saturated heterocycles. The van der Waals surface area contributed by atoms with Crippen LogP contribution in [-0.2, 0) is 0 Å². The quantitative estimate of drug-likeness (QED) is 0.703. The number of hydrogen-bond acceptors (Lipinski definition) is 2. The molecule has 108 valence electrons. The average Bonchev–Trinajstić information content (AvgIpc) is 2.91. The van der Waals surface area contributed by atoms with Gasteiger partial charge in [0.05, 0.1) is 6.04 Å². The number of para-hydroxylation sites is 1. The van der Waals surface area contributed by atoms with Crippen molar-refractivity contribution in [3.8, 4) is 0 Å². The van der Waals surface area contributed by atoms with Gasteiger partial charge in [-0.3, -0.25) is 0 Å². The van der Waals surface area contributed by atoms with Crippen LogP contribution in [0.1, 0.15) is 29.9 Å². The zero-order valence-corrected chi connectivity index (χ0v) is 13.8. The molecule has 0 fully saturated rings. The fourth-order valence-corrected chi connectivity index (χ4v) is 3.01. The summed E-state index contributed by atoms with van der Waals surface area (Å²) in [5, 5.41) is 4.67. The van der Waals surface area contributed by atoms with E-state index < -0.39 is 0 Å². The molecule has 2 nitrogen and oxygen atoms in total. The fourth-order valence-electron chi connectivity index (χ4n) is 2.63. The molecule has 1 N–H and O–H groups in total. The van der Waals surface area contributed by atoms with Gasteiger partial charge in [-0.2, -0.15) is 0 Å². The topological polar surface area (TPSA) is 25.2 Å². The standard InChI is InChI=1S/C18H18BrNO/c1-3-20-18(15-11-14(19)9-8-12(15)2)17-10-13-6-4-5-7-16(13)21-17/h4-11,18,20H,3H2,1-2H3. The lowest BCUT2D eigenvalue weighted by atomic mass is 9.99. The van der Waals surface area contributed by atoms with Crippen molar-refractivity contribution in [3.05, 3.63) is 69.9 Å². The Morgan fingerprint density at radius 3 is 2.71 bits per heavy atom. The third-order valence-corrected chi connectivity index (χ3v) is 4.18. The van der Waals surface area contributed by atoms with Crippen molar-refractivity contribution >= 4 is 26.9 Å². The molecule has 0 aliphatic rings. The van der Waals surface area contributed by atoms with Crippen LogP contribution in [0.2, 0.25) is 0 Å². The third-order valence-electron chi connectivity index (χ3n) is 3.69. The molecular formula is C18H18BrNO. The maximum atomic E-state index is 6.05. The number of halogens is 1. The van der Waals surface area contributed by atoms with Gasteiger partial charge in [-0.05, 0) is 48.9 Å². The van der Waals surface area contributed by atoms with Gasteiger partial charge >= 0.3 is 0 Å². The van der Waals surface area contributed by atoms with Gasteiger partial charge < -0.3 is 9.73 Å². The number of hydrogen-bond donors (Lipinski definition) is 1. The molecule has 1 atom stereocenters. The Balaban J connectivity index is 2.10. The number of rotatable bonds is 4.